The normalized spacial score (nSPS) is 10.9. The minimum absolute atomic E-state index is 0.213. The van der Waals surface area contributed by atoms with Crippen LogP contribution < -0.4 is 5.32 Å². The standard InChI is InChI=1S/C18H15N5OS/c1-2-23-16-14(11-20-23)13(17(24)22-18-19-8-9-25-18)10-15(21-16)12-6-4-3-5-7-12/h3-11H,2H2,1H3,(H,19,22,24). The van der Waals surface area contributed by atoms with Gasteiger partial charge in [0.1, 0.15) is 0 Å². The van der Waals surface area contributed by atoms with E-state index in [-0.39, 0.29) is 5.91 Å². The molecule has 6 nitrogen and oxygen atoms in total. The summed E-state index contributed by atoms with van der Waals surface area (Å²) < 4.78 is 1.79. The Bertz CT molecular complexity index is 1020. The topological polar surface area (TPSA) is 72.7 Å². The number of thiazole rings is 1. The van der Waals surface area contributed by atoms with Gasteiger partial charge >= 0.3 is 0 Å². The number of amides is 1. The monoisotopic (exact) mass is 349 g/mol. The van der Waals surface area contributed by atoms with Crippen LogP contribution in [0.25, 0.3) is 22.3 Å². The zero-order valence-corrected chi connectivity index (χ0v) is 14.3. The number of nitrogens with zero attached hydrogens (tertiary/aromatic N) is 4. The van der Waals surface area contributed by atoms with Crippen molar-refractivity contribution in [3.05, 3.63) is 59.7 Å². The number of carbonyl (C=O) groups is 1. The van der Waals surface area contributed by atoms with Gasteiger partial charge in [-0.2, -0.15) is 5.10 Å². The van der Waals surface area contributed by atoms with Crippen molar-refractivity contribution < 1.29 is 4.79 Å². The minimum atomic E-state index is -0.213. The number of hydrogen-bond acceptors (Lipinski definition) is 5. The lowest BCUT2D eigenvalue weighted by molar-refractivity contribution is 0.102. The van der Waals surface area contributed by atoms with Crippen LogP contribution in [-0.2, 0) is 6.54 Å². The van der Waals surface area contributed by atoms with Crippen molar-refractivity contribution in [2.24, 2.45) is 0 Å². The molecule has 7 heteroatoms. The van der Waals surface area contributed by atoms with E-state index in [1.54, 1.807) is 17.1 Å². The third-order valence-corrected chi connectivity index (χ3v) is 4.56. The molecule has 3 heterocycles. The van der Waals surface area contributed by atoms with Gasteiger partial charge in [-0.25, -0.2) is 14.6 Å². The van der Waals surface area contributed by atoms with Gasteiger partial charge in [0.25, 0.3) is 5.91 Å². The van der Waals surface area contributed by atoms with Gasteiger partial charge in [-0.15, -0.1) is 11.3 Å². The Balaban J connectivity index is 1.86. The highest BCUT2D eigenvalue weighted by atomic mass is 32.1. The lowest BCUT2D eigenvalue weighted by Crippen LogP contribution is -2.13. The Morgan fingerprint density at radius 3 is 2.84 bits per heavy atom. The molecule has 0 unspecified atom stereocenters. The van der Waals surface area contributed by atoms with Crippen LogP contribution in [-0.4, -0.2) is 25.7 Å². The van der Waals surface area contributed by atoms with Gasteiger partial charge in [0, 0.05) is 23.7 Å². The highest BCUT2D eigenvalue weighted by Crippen LogP contribution is 2.26. The fraction of sp³-hybridized carbons (Fsp3) is 0.111. The third kappa shape index (κ3) is 2.89. The molecule has 0 spiro atoms. The van der Waals surface area contributed by atoms with Gasteiger partial charge in [0.2, 0.25) is 0 Å². The fourth-order valence-corrected chi connectivity index (χ4v) is 3.20. The summed E-state index contributed by atoms with van der Waals surface area (Å²) in [6, 6.07) is 11.6. The van der Waals surface area contributed by atoms with Crippen molar-refractivity contribution in [3.8, 4) is 11.3 Å². The Morgan fingerprint density at radius 2 is 2.12 bits per heavy atom. The first kappa shape index (κ1) is 15.5. The van der Waals surface area contributed by atoms with E-state index in [2.05, 4.69) is 15.4 Å². The molecule has 1 amide bonds. The predicted octanol–water partition coefficient (Wildman–Crippen LogP) is 3.83. The summed E-state index contributed by atoms with van der Waals surface area (Å²) in [5, 5.41) is 10.3. The van der Waals surface area contributed by atoms with Crippen LogP contribution in [0.3, 0.4) is 0 Å². The van der Waals surface area contributed by atoms with Gasteiger partial charge in [-0.05, 0) is 13.0 Å². The van der Waals surface area contributed by atoms with Crippen LogP contribution >= 0.6 is 11.3 Å². The van der Waals surface area contributed by atoms with Crippen LogP contribution in [0.2, 0.25) is 0 Å². The zero-order valence-electron chi connectivity index (χ0n) is 13.5. The first-order valence-electron chi connectivity index (χ1n) is 7.89. The van der Waals surface area contributed by atoms with Gasteiger partial charge in [0.05, 0.1) is 22.8 Å². The van der Waals surface area contributed by atoms with Crippen LogP contribution in [0.1, 0.15) is 17.3 Å². The Kier molecular flexibility index (Phi) is 3.99. The third-order valence-electron chi connectivity index (χ3n) is 3.88. The summed E-state index contributed by atoms with van der Waals surface area (Å²) in [5.74, 6) is -0.213. The average Bonchev–Trinajstić information content (AvgIpc) is 3.30. The number of nitrogens with one attached hydrogen (secondary N) is 1. The summed E-state index contributed by atoms with van der Waals surface area (Å²) in [7, 11) is 0. The molecule has 25 heavy (non-hydrogen) atoms. The van der Waals surface area contributed by atoms with E-state index < -0.39 is 0 Å². The van der Waals surface area contributed by atoms with E-state index in [1.165, 1.54) is 11.3 Å². The van der Waals surface area contributed by atoms with Gasteiger partial charge in [-0.1, -0.05) is 30.3 Å². The maximum atomic E-state index is 12.8. The van der Waals surface area contributed by atoms with Crippen LogP contribution in [0.5, 0.6) is 0 Å². The molecule has 0 radical (unpaired) electrons. The average molecular weight is 349 g/mol. The number of rotatable bonds is 4. The molecule has 0 atom stereocenters. The number of benzene rings is 1. The van der Waals surface area contributed by atoms with Crippen molar-refractivity contribution in [2.75, 3.05) is 5.32 Å². The number of pyridine rings is 1. The first-order chi connectivity index (χ1) is 12.3. The number of aryl methyl sites for hydroxylation is 1. The molecule has 4 rings (SSSR count). The number of aromatic nitrogens is 4. The quantitative estimate of drug-likeness (QED) is 0.608. The molecule has 1 N–H and O–H groups in total. The van der Waals surface area contributed by atoms with E-state index in [0.717, 1.165) is 16.6 Å². The van der Waals surface area contributed by atoms with Crippen molar-refractivity contribution in [1.29, 1.82) is 0 Å². The van der Waals surface area contributed by atoms with Gasteiger partial charge in [-0.3, -0.25) is 10.1 Å². The first-order valence-corrected chi connectivity index (χ1v) is 8.77. The molecule has 0 aliphatic heterocycles. The lowest BCUT2D eigenvalue weighted by Gasteiger charge is -2.08. The van der Waals surface area contributed by atoms with Gasteiger partial charge < -0.3 is 0 Å². The van der Waals surface area contributed by atoms with Gasteiger partial charge in [0.15, 0.2) is 10.8 Å². The molecule has 0 aliphatic carbocycles. The van der Waals surface area contributed by atoms with E-state index in [4.69, 9.17) is 4.98 Å². The minimum Gasteiger partial charge on any atom is -0.298 e. The Hall–Kier alpha value is -3.06. The number of hydrogen-bond donors (Lipinski definition) is 1. The molecule has 4 aromatic rings. The Labute approximate surface area is 148 Å². The SMILES string of the molecule is CCn1ncc2c(C(=O)Nc3nccs3)cc(-c3ccccc3)nc21. The molecular formula is C18H15N5OS. The number of carbonyl (C=O) groups excluding carboxylic acids is 1. The van der Waals surface area contributed by atoms with Crippen LogP contribution in [0.4, 0.5) is 5.13 Å². The Morgan fingerprint density at radius 1 is 1.28 bits per heavy atom. The maximum Gasteiger partial charge on any atom is 0.258 e. The number of anilines is 1. The molecule has 0 bridgehead atoms. The molecule has 3 aromatic heterocycles. The summed E-state index contributed by atoms with van der Waals surface area (Å²) in [4.78, 5) is 21.6. The van der Waals surface area contributed by atoms with Crippen molar-refractivity contribution >= 4 is 33.4 Å². The number of fused-ring (bicyclic) bond motifs is 1. The predicted molar refractivity (Wildman–Crippen MR) is 98.7 cm³/mol. The van der Waals surface area contributed by atoms with Crippen molar-refractivity contribution in [2.45, 2.75) is 13.5 Å². The second kappa shape index (κ2) is 6.45. The molecule has 0 fully saturated rings. The molecule has 0 saturated heterocycles. The van der Waals surface area contributed by atoms with Crippen LogP contribution in [0.15, 0.2) is 54.2 Å². The smallest absolute Gasteiger partial charge is 0.258 e. The second-order valence-corrected chi connectivity index (χ2v) is 6.30. The molecule has 124 valence electrons. The van der Waals surface area contributed by atoms with E-state index in [1.807, 2.05) is 48.7 Å². The summed E-state index contributed by atoms with van der Waals surface area (Å²) in [6.07, 6.45) is 3.35. The molecular weight excluding hydrogens is 334 g/mol. The molecule has 0 saturated carbocycles. The highest BCUT2D eigenvalue weighted by Gasteiger charge is 2.17. The summed E-state index contributed by atoms with van der Waals surface area (Å²) >= 11 is 1.38. The van der Waals surface area contributed by atoms with Crippen LogP contribution in [0, 0.1) is 0 Å². The zero-order chi connectivity index (χ0) is 17.2. The summed E-state index contributed by atoms with van der Waals surface area (Å²) in [6.45, 7) is 2.68. The largest absolute Gasteiger partial charge is 0.298 e. The lowest BCUT2D eigenvalue weighted by atomic mass is 10.1. The van der Waals surface area contributed by atoms with Crippen molar-refractivity contribution in [3.63, 3.8) is 0 Å². The fourth-order valence-electron chi connectivity index (χ4n) is 2.67. The van der Waals surface area contributed by atoms with E-state index in [0.29, 0.717) is 22.9 Å². The molecule has 0 aliphatic rings. The second-order valence-electron chi connectivity index (χ2n) is 5.41. The van der Waals surface area contributed by atoms with E-state index >= 15 is 0 Å². The maximum absolute atomic E-state index is 12.8. The van der Waals surface area contributed by atoms with E-state index in [9.17, 15) is 4.79 Å². The van der Waals surface area contributed by atoms with Crippen molar-refractivity contribution in [1.82, 2.24) is 19.7 Å². The highest BCUT2D eigenvalue weighted by molar-refractivity contribution is 7.13. The summed E-state index contributed by atoms with van der Waals surface area (Å²) in [5.41, 5.74) is 2.94. The molecule has 1 aromatic carbocycles.